The number of anilines is 1. The Morgan fingerprint density at radius 3 is 2.75 bits per heavy atom. The predicted molar refractivity (Wildman–Crippen MR) is 64.9 cm³/mol. The average molecular weight is 235 g/mol. The van der Waals surface area contributed by atoms with E-state index in [0.29, 0.717) is 5.82 Å². The Morgan fingerprint density at radius 1 is 1.38 bits per heavy atom. The van der Waals surface area contributed by atoms with Crippen LogP contribution in [-0.4, -0.2) is 17.1 Å². The maximum Gasteiger partial charge on any atom is 0.143 e. The normalized spacial score (nSPS) is 10.4. The third kappa shape index (κ3) is 2.14. The lowest BCUT2D eigenvalue weighted by Gasteiger charge is -2.05. The number of benzene rings is 1. The molecule has 0 unspecified atom stereocenters. The third-order valence-electron chi connectivity index (χ3n) is 2.09. The lowest BCUT2D eigenvalue weighted by molar-refractivity contribution is 0.405. The number of H-pyrrole nitrogens is 1. The van der Waals surface area contributed by atoms with Gasteiger partial charge in [-0.2, -0.15) is 0 Å². The predicted octanol–water partition coefficient (Wildman–Crippen LogP) is 2.46. The molecule has 0 atom stereocenters. The third-order valence-corrected chi connectivity index (χ3v) is 3.15. The number of nitrogens with one attached hydrogen (secondary N) is 1. The number of rotatable bonds is 3. The maximum atomic E-state index is 5.80. The number of hydrogen-bond acceptors (Lipinski definition) is 4. The summed E-state index contributed by atoms with van der Waals surface area (Å²) in [7, 11) is 1.65. The van der Waals surface area contributed by atoms with E-state index in [4.69, 9.17) is 10.5 Å². The number of methoxy groups -OCH3 is 1. The van der Waals surface area contributed by atoms with E-state index in [2.05, 4.69) is 9.97 Å². The number of ether oxygens (including phenoxy) is 1. The second-order valence-corrected chi connectivity index (χ2v) is 4.32. The number of imidazole rings is 1. The second-order valence-electron chi connectivity index (χ2n) is 3.29. The van der Waals surface area contributed by atoms with Crippen molar-refractivity contribution in [1.29, 1.82) is 0 Å². The maximum absolute atomic E-state index is 5.80. The molecule has 16 heavy (non-hydrogen) atoms. The highest BCUT2D eigenvalue weighted by Gasteiger charge is 2.09. The summed E-state index contributed by atoms with van der Waals surface area (Å²) < 4.78 is 5.26. The Morgan fingerprint density at radius 2 is 2.12 bits per heavy atom. The lowest BCUT2D eigenvalue weighted by Crippen LogP contribution is -1.88. The van der Waals surface area contributed by atoms with Gasteiger partial charge < -0.3 is 15.5 Å². The standard InChI is InChI=1S/C11H13N3OS/c1-7-13-10(12)11(14-7)16-9-6-4-3-5-8(9)15-2/h3-6H,12H2,1-2H3,(H,13,14). The number of aromatic amines is 1. The summed E-state index contributed by atoms with van der Waals surface area (Å²) in [6.07, 6.45) is 0. The van der Waals surface area contributed by atoms with Crippen molar-refractivity contribution in [3.8, 4) is 5.75 Å². The van der Waals surface area contributed by atoms with E-state index >= 15 is 0 Å². The molecule has 84 valence electrons. The van der Waals surface area contributed by atoms with Crippen molar-refractivity contribution in [3.05, 3.63) is 30.1 Å². The lowest BCUT2D eigenvalue weighted by atomic mass is 10.3. The van der Waals surface area contributed by atoms with E-state index in [1.54, 1.807) is 7.11 Å². The number of aromatic nitrogens is 2. The molecule has 0 spiro atoms. The van der Waals surface area contributed by atoms with Gasteiger partial charge in [-0.1, -0.05) is 23.9 Å². The molecule has 0 aliphatic rings. The van der Waals surface area contributed by atoms with E-state index in [1.807, 2.05) is 31.2 Å². The smallest absolute Gasteiger partial charge is 0.143 e. The summed E-state index contributed by atoms with van der Waals surface area (Å²) in [5.74, 6) is 2.23. The van der Waals surface area contributed by atoms with Crippen LogP contribution in [0.25, 0.3) is 0 Å². The number of nitrogens with two attached hydrogens (primary N) is 1. The summed E-state index contributed by atoms with van der Waals surface area (Å²) in [5.41, 5.74) is 5.80. The first-order valence-electron chi connectivity index (χ1n) is 4.83. The van der Waals surface area contributed by atoms with Crippen LogP contribution in [0.15, 0.2) is 34.2 Å². The molecule has 0 fully saturated rings. The Bertz CT molecular complexity index is 496. The van der Waals surface area contributed by atoms with Gasteiger partial charge in [0.2, 0.25) is 0 Å². The highest BCUT2D eigenvalue weighted by Crippen LogP contribution is 2.35. The van der Waals surface area contributed by atoms with Crippen LogP contribution < -0.4 is 10.5 Å². The van der Waals surface area contributed by atoms with Crippen molar-refractivity contribution in [3.63, 3.8) is 0 Å². The van der Waals surface area contributed by atoms with Crippen LogP contribution in [0.1, 0.15) is 5.82 Å². The van der Waals surface area contributed by atoms with Gasteiger partial charge >= 0.3 is 0 Å². The topological polar surface area (TPSA) is 63.9 Å². The van der Waals surface area contributed by atoms with Crippen LogP contribution in [0, 0.1) is 6.92 Å². The van der Waals surface area contributed by atoms with Crippen LogP contribution in [0.4, 0.5) is 5.82 Å². The quantitative estimate of drug-likeness (QED) is 0.857. The molecule has 1 aromatic heterocycles. The average Bonchev–Trinajstić information content (AvgIpc) is 2.58. The van der Waals surface area contributed by atoms with Gasteiger partial charge in [-0.3, -0.25) is 0 Å². The first-order valence-corrected chi connectivity index (χ1v) is 5.65. The molecule has 0 bridgehead atoms. The summed E-state index contributed by atoms with van der Waals surface area (Å²) in [6.45, 7) is 1.88. The molecule has 1 heterocycles. The molecule has 0 aliphatic carbocycles. The summed E-state index contributed by atoms with van der Waals surface area (Å²) >= 11 is 1.49. The Labute approximate surface area is 98.2 Å². The zero-order chi connectivity index (χ0) is 11.5. The molecule has 0 saturated heterocycles. The van der Waals surface area contributed by atoms with Gasteiger partial charge in [0.15, 0.2) is 0 Å². The molecule has 3 N–H and O–H groups in total. The molecule has 2 rings (SSSR count). The largest absolute Gasteiger partial charge is 0.496 e. The van der Waals surface area contributed by atoms with Gasteiger partial charge in [0.1, 0.15) is 22.4 Å². The van der Waals surface area contributed by atoms with Gasteiger partial charge in [-0.05, 0) is 19.1 Å². The first kappa shape index (κ1) is 10.9. The summed E-state index contributed by atoms with van der Waals surface area (Å²) in [6, 6.07) is 7.79. The van der Waals surface area contributed by atoms with Gasteiger partial charge in [0.05, 0.1) is 12.0 Å². The van der Waals surface area contributed by atoms with Crippen molar-refractivity contribution in [2.75, 3.05) is 12.8 Å². The van der Waals surface area contributed by atoms with Gasteiger partial charge in [0, 0.05) is 0 Å². The van der Waals surface area contributed by atoms with Crippen LogP contribution in [0.2, 0.25) is 0 Å². The molecule has 0 radical (unpaired) electrons. The fourth-order valence-electron chi connectivity index (χ4n) is 1.37. The van der Waals surface area contributed by atoms with Crippen molar-refractivity contribution in [1.82, 2.24) is 9.97 Å². The highest BCUT2D eigenvalue weighted by molar-refractivity contribution is 7.99. The SMILES string of the molecule is COc1ccccc1Sc1nc(C)[nH]c1N. The molecule has 0 amide bonds. The molecule has 4 nitrogen and oxygen atoms in total. The van der Waals surface area contributed by atoms with Crippen LogP contribution in [-0.2, 0) is 0 Å². The zero-order valence-corrected chi connectivity index (χ0v) is 9.97. The van der Waals surface area contributed by atoms with Crippen molar-refractivity contribution < 1.29 is 4.74 Å². The van der Waals surface area contributed by atoms with E-state index in [9.17, 15) is 0 Å². The fraction of sp³-hybridized carbons (Fsp3) is 0.182. The first-order chi connectivity index (χ1) is 7.70. The Kier molecular flexibility index (Phi) is 3.05. The molecular formula is C11H13N3OS. The van der Waals surface area contributed by atoms with Gasteiger partial charge in [0.25, 0.3) is 0 Å². The fourth-order valence-corrected chi connectivity index (χ4v) is 2.32. The zero-order valence-electron chi connectivity index (χ0n) is 9.15. The molecule has 5 heteroatoms. The second kappa shape index (κ2) is 4.49. The minimum atomic E-state index is 0.591. The van der Waals surface area contributed by atoms with E-state index in [0.717, 1.165) is 21.5 Å². The summed E-state index contributed by atoms with van der Waals surface area (Å²) in [4.78, 5) is 8.28. The molecule has 2 aromatic rings. The Balaban J connectivity index is 2.30. The molecule has 0 saturated carbocycles. The number of nitrogen functional groups attached to an aromatic ring is 1. The minimum absolute atomic E-state index is 0.591. The monoisotopic (exact) mass is 235 g/mol. The molecule has 1 aromatic carbocycles. The molecular weight excluding hydrogens is 222 g/mol. The van der Waals surface area contributed by atoms with E-state index in [-0.39, 0.29) is 0 Å². The van der Waals surface area contributed by atoms with Gasteiger partial charge in [-0.25, -0.2) is 4.98 Å². The minimum Gasteiger partial charge on any atom is -0.496 e. The van der Waals surface area contributed by atoms with E-state index < -0.39 is 0 Å². The van der Waals surface area contributed by atoms with Crippen molar-refractivity contribution >= 4 is 17.6 Å². The summed E-state index contributed by atoms with van der Waals surface area (Å²) in [5, 5.41) is 0.780. The van der Waals surface area contributed by atoms with E-state index in [1.165, 1.54) is 11.8 Å². The van der Waals surface area contributed by atoms with Crippen LogP contribution in [0.5, 0.6) is 5.75 Å². The number of para-hydroxylation sites is 1. The number of hydrogen-bond donors (Lipinski definition) is 2. The number of nitrogens with zero attached hydrogens (tertiary/aromatic N) is 1. The Hall–Kier alpha value is -1.62. The van der Waals surface area contributed by atoms with Gasteiger partial charge in [-0.15, -0.1) is 0 Å². The highest BCUT2D eigenvalue weighted by atomic mass is 32.2. The van der Waals surface area contributed by atoms with Crippen LogP contribution >= 0.6 is 11.8 Å². The van der Waals surface area contributed by atoms with Crippen molar-refractivity contribution in [2.45, 2.75) is 16.8 Å². The molecule has 0 aliphatic heterocycles. The number of aryl methyl sites for hydroxylation is 1. The van der Waals surface area contributed by atoms with Crippen LogP contribution in [0.3, 0.4) is 0 Å². The van der Waals surface area contributed by atoms with Crippen molar-refractivity contribution in [2.24, 2.45) is 0 Å².